The van der Waals surface area contributed by atoms with Crippen LogP contribution in [0.3, 0.4) is 0 Å². The summed E-state index contributed by atoms with van der Waals surface area (Å²) in [6.45, 7) is 1.76. The Morgan fingerprint density at radius 1 is 1.48 bits per heavy atom. The molecule has 0 saturated carbocycles. The molecule has 0 bridgehead atoms. The molecule has 2 N–H and O–H groups in total. The third-order valence-electron chi connectivity index (χ3n) is 3.47. The third kappa shape index (κ3) is 4.31. The Morgan fingerprint density at radius 2 is 2.20 bits per heavy atom. The van der Waals surface area contributed by atoms with Gasteiger partial charge < -0.3 is 15.2 Å². The van der Waals surface area contributed by atoms with Crippen LogP contribution in [0.1, 0.15) is 22.6 Å². The average molecular weight is 371 g/mol. The van der Waals surface area contributed by atoms with Crippen LogP contribution in [-0.2, 0) is 9.53 Å². The summed E-state index contributed by atoms with van der Waals surface area (Å²) in [6.07, 6.45) is 0.109. The van der Waals surface area contributed by atoms with Crippen molar-refractivity contribution in [1.82, 2.24) is 20.3 Å². The van der Waals surface area contributed by atoms with Gasteiger partial charge in [0, 0.05) is 20.1 Å². The Morgan fingerprint density at radius 3 is 2.80 bits per heavy atom. The van der Waals surface area contributed by atoms with E-state index < -0.39 is 23.7 Å². The molecule has 1 amide bonds. The van der Waals surface area contributed by atoms with E-state index in [0.29, 0.717) is 11.4 Å². The molecule has 1 aromatic carbocycles. The van der Waals surface area contributed by atoms with E-state index in [1.807, 2.05) is 0 Å². The molecule has 10 heteroatoms. The number of aromatic nitrogens is 3. The van der Waals surface area contributed by atoms with Gasteiger partial charge in [-0.3, -0.25) is 4.79 Å². The van der Waals surface area contributed by atoms with Gasteiger partial charge >= 0.3 is 5.97 Å². The summed E-state index contributed by atoms with van der Waals surface area (Å²) < 4.78 is 19.4. The number of carbonyl (C=O) groups excluding carboxylic acids is 1. The van der Waals surface area contributed by atoms with E-state index in [2.05, 4.69) is 15.6 Å². The molecule has 0 saturated heterocycles. The lowest BCUT2D eigenvalue weighted by Crippen LogP contribution is -2.41. The molecule has 1 heterocycles. The minimum Gasteiger partial charge on any atom is -0.480 e. The quantitative estimate of drug-likeness (QED) is 0.766. The van der Waals surface area contributed by atoms with Gasteiger partial charge in [0.05, 0.1) is 16.4 Å². The second kappa shape index (κ2) is 8.04. The Kier molecular flexibility index (Phi) is 6.05. The van der Waals surface area contributed by atoms with E-state index in [0.717, 1.165) is 0 Å². The number of nitrogens with zero attached hydrogens (tertiary/aromatic N) is 3. The van der Waals surface area contributed by atoms with Crippen molar-refractivity contribution in [3.63, 3.8) is 0 Å². The smallest absolute Gasteiger partial charge is 0.326 e. The van der Waals surface area contributed by atoms with Crippen LogP contribution in [0.15, 0.2) is 18.2 Å². The van der Waals surface area contributed by atoms with Crippen molar-refractivity contribution in [3.05, 3.63) is 40.4 Å². The number of hydrogen-bond donors (Lipinski definition) is 2. The number of carboxylic acids is 1. The summed E-state index contributed by atoms with van der Waals surface area (Å²) in [5.74, 6) is -2.44. The Balaban J connectivity index is 2.23. The largest absolute Gasteiger partial charge is 0.480 e. The van der Waals surface area contributed by atoms with E-state index in [9.17, 15) is 14.0 Å². The molecule has 25 heavy (non-hydrogen) atoms. The fourth-order valence-electron chi connectivity index (χ4n) is 2.12. The molecule has 2 aromatic rings. The van der Waals surface area contributed by atoms with E-state index in [1.165, 1.54) is 30.0 Å². The second-order valence-corrected chi connectivity index (χ2v) is 5.59. The zero-order chi connectivity index (χ0) is 18.6. The van der Waals surface area contributed by atoms with Crippen LogP contribution in [-0.4, -0.2) is 51.7 Å². The molecule has 0 fully saturated rings. The van der Waals surface area contributed by atoms with Crippen LogP contribution < -0.4 is 5.32 Å². The number of halogens is 2. The number of nitrogens with one attached hydrogen (secondary N) is 1. The maximum Gasteiger partial charge on any atom is 0.326 e. The lowest BCUT2D eigenvalue weighted by molar-refractivity contribution is -0.139. The minimum absolute atomic E-state index is 0.0379. The SMILES string of the molecule is COCCC(NC(=O)c1nnn(-c2ccc(F)c(Cl)c2)c1C)C(=O)O. The Bertz CT molecular complexity index is 796. The van der Waals surface area contributed by atoms with Crippen molar-refractivity contribution in [1.29, 1.82) is 0 Å². The summed E-state index contributed by atoms with van der Waals surface area (Å²) >= 11 is 5.74. The minimum atomic E-state index is -1.18. The first-order valence-corrected chi connectivity index (χ1v) is 7.63. The fraction of sp³-hybridized carbons (Fsp3) is 0.333. The standard InChI is InChI=1S/C15H16ClFN4O4/c1-8-13(14(22)18-12(15(23)24)5-6-25-2)19-20-21(8)9-3-4-11(17)10(16)7-9/h3-4,7,12H,5-6H2,1-2H3,(H,18,22)(H,23,24). The van der Waals surface area contributed by atoms with Crippen molar-refractivity contribution in [2.75, 3.05) is 13.7 Å². The van der Waals surface area contributed by atoms with Gasteiger partial charge in [-0.1, -0.05) is 16.8 Å². The molecule has 0 aliphatic heterocycles. The van der Waals surface area contributed by atoms with Crippen LogP contribution >= 0.6 is 11.6 Å². The van der Waals surface area contributed by atoms with Crippen LogP contribution in [0, 0.1) is 12.7 Å². The van der Waals surface area contributed by atoms with Gasteiger partial charge in [0.1, 0.15) is 11.9 Å². The number of benzene rings is 1. The molecule has 0 aliphatic carbocycles. The van der Waals surface area contributed by atoms with Crippen molar-refractivity contribution < 1.29 is 23.8 Å². The molecule has 2 rings (SSSR count). The highest BCUT2D eigenvalue weighted by molar-refractivity contribution is 6.30. The number of carbonyl (C=O) groups is 2. The highest BCUT2D eigenvalue weighted by atomic mass is 35.5. The van der Waals surface area contributed by atoms with Gasteiger partial charge in [0.25, 0.3) is 5.91 Å². The maximum absolute atomic E-state index is 13.3. The van der Waals surface area contributed by atoms with Crippen LogP contribution in [0.5, 0.6) is 0 Å². The van der Waals surface area contributed by atoms with E-state index in [-0.39, 0.29) is 23.7 Å². The molecule has 8 nitrogen and oxygen atoms in total. The third-order valence-corrected chi connectivity index (χ3v) is 3.76. The molecule has 0 spiro atoms. The summed E-state index contributed by atoms with van der Waals surface area (Å²) in [6, 6.07) is 2.84. The fourth-order valence-corrected chi connectivity index (χ4v) is 2.30. The van der Waals surface area contributed by atoms with Gasteiger partial charge in [-0.25, -0.2) is 13.9 Å². The predicted octanol–water partition coefficient (Wildman–Crippen LogP) is 1.59. The van der Waals surface area contributed by atoms with Gasteiger partial charge in [0.2, 0.25) is 0 Å². The first-order chi connectivity index (χ1) is 11.8. The summed E-state index contributed by atoms with van der Waals surface area (Å²) in [4.78, 5) is 23.5. The number of methoxy groups -OCH3 is 1. The van der Waals surface area contributed by atoms with Crippen molar-refractivity contribution >= 4 is 23.5 Å². The van der Waals surface area contributed by atoms with Crippen molar-refractivity contribution in [2.45, 2.75) is 19.4 Å². The second-order valence-electron chi connectivity index (χ2n) is 5.18. The monoisotopic (exact) mass is 370 g/mol. The predicted molar refractivity (Wildman–Crippen MR) is 86.4 cm³/mol. The first-order valence-electron chi connectivity index (χ1n) is 7.25. The molecule has 0 aliphatic rings. The lowest BCUT2D eigenvalue weighted by Gasteiger charge is -2.13. The van der Waals surface area contributed by atoms with Gasteiger partial charge in [-0.15, -0.1) is 5.10 Å². The van der Waals surface area contributed by atoms with Crippen molar-refractivity contribution in [2.24, 2.45) is 0 Å². The van der Waals surface area contributed by atoms with E-state index >= 15 is 0 Å². The number of amides is 1. The molecule has 0 radical (unpaired) electrons. The van der Waals surface area contributed by atoms with E-state index in [4.69, 9.17) is 21.4 Å². The molecular weight excluding hydrogens is 355 g/mol. The molecule has 1 unspecified atom stereocenters. The van der Waals surface area contributed by atoms with Crippen LogP contribution in [0.25, 0.3) is 5.69 Å². The molecular formula is C15H16ClFN4O4. The number of carboxylic acid groups (broad SMARTS) is 1. The number of hydrogen-bond acceptors (Lipinski definition) is 5. The molecule has 1 aromatic heterocycles. The zero-order valence-corrected chi connectivity index (χ0v) is 14.2. The lowest BCUT2D eigenvalue weighted by atomic mass is 10.2. The zero-order valence-electron chi connectivity index (χ0n) is 13.5. The number of ether oxygens (including phenoxy) is 1. The van der Waals surface area contributed by atoms with Gasteiger partial charge in [0.15, 0.2) is 5.69 Å². The highest BCUT2D eigenvalue weighted by Gasteiger charge is 2.24. The van der Waals surface area contributed by atoms with E-state index in [1.54, 1.807) is 6.92 Å². The highest BCUT2D eigenvalue weighted by Crippen LogP contribution is 2.20. The summed E-state index contributed by atoms with van der Waals surface area (Å²) in [5.41, 5.74) is 0.741. The van der Waals surface area contributed by atoms with Gasteiger partial charge in [-0.2, -0.15) is 0 Å². The number of rotatable bonds is 7. The number of aliphatic carboxylic acids is 1. The summed E-state index contributed by atoms with van der Waals surface area (Å²) in [7, 11) is 1.43. The first kappa shape index (κ1) is 18.8. The Labute approximate surface area is 147 Å². The topological polar surface area (TPSA) is 106 Å². The molecule has 134 valence electrons. The normalized spacial score (nSPS) is 12.0. The Hall–Kier alpha value is -2.52. The van der Waals surface area contributed by atoms with Crippen molar-refractivity contribution in [3.8, 4) is 5.69 Å². The maximum atomic E-state index is 13.3. The average Bonchev–Trinajstić information content (AvgIpc) is 2.95. The molecule has 1 atom stereocenters. The van der Waals surface area contributed by atoms with Crippen LogP contribution in [0.2, 0.25) is 5.02 Å². The van der Waals surface area contributed by atoms with Crippen LogP contribution in [0.4, 0.5) is 4.39 Å². The van der Waals surface area contributed by atoms with Gasteiger partial charge in [-0.05, 0) is 25.1 Å². The summed E-state index contributed by atoms with van der Waals surface area (Å²) in [5, 5.41) is 19.0.